The van der Waals surface area contributed by atoms with E-state index in [4.69, 9.17) is 0 Å². The standard InChI is InChI=1S/C11H16N6/c1-7(8-3-4-8)13-11-14-10(15-16-11)9-5-12-17(2)6-9/h5-8H,3-4H2,1-2H3,(H2,13,14,15,16). The Morgan fingerprint density at radius 2 is 2.35 bits per heavy atom. The first-order valence-electron chi connectivity index (χ1n) is 5.90. The number of aromatic amines is 1. The molecule has 2 N–H and O–H groups in total. The summed E-state index contributed by atoms with van der Waals surface area (Å²) in [6, 6.07) is 0.451. The lowest BCUT2D eigenvalue weighted by Crippen LogP contribution is -2.18. The molecule has 0 amide bonds. The van der Waals surface area contributed by atoms with Crippen LogP contribution in [0, 0.1) is 5.92 Å². The Balaban J connectivity index is 1.73. The molecular weight excluding hydrogens is 216 g/mol. The number of hydrogen-bond acceptors (Lipinski definition) is 4. The molecule has 0 aliphatic heterocycles. The maximum absolute atomic E-state index is 4.41. The minimum absolute atomic E-state index is 0.451. The summed E-state index contributed by atoms with van der Waals surface area (Å²) in [6.07, 6.45) is 6.31. The van der Waals surface area contributed by atoms with Crippen LogP contribution in [-0.2, 0) is 7.05 Å². The van der Waals surface area contributed by atoms with Gasteiger partial charge < -0.3 is 5.32 Å². The third-order valence-electron chi connectivity index (χ3n) is 3.15. The molecule has 0 aromatic carbocycles. The first kappa shape index (κ1) is 10.3. The van der Waals surface area contributed by atoms with Crippen LogP contribution in [0.15, 0.2) is 12.4 Å². The zero-order valence-corrected chi connectivity index (χ0v) is 10.0. The van der Waals surface area contributed by atoms with Crippen LogP contribution >= 0.6 is 0 Å². The number of anilines is 1. The van der Waals surface area contributed by atoms with Gasteiger partial charge in [-0.15, -0.1) is 5.10 Å². The van der Waals surface area contributed by atoms with Crippen molar-refractivity contribution in [3.63, 3.8) is 0 Å². The van der Waals surface area contributed by atoms with E-state index in [-0.39, 0.29) is 0 Å². The molecule has 2 heterocycles. The van der Waals surface area contributed by atoms with E-state index in [2.05, 4.69) is 32.5 Å². The van der Waals surface area contributed by atoms with Gasteiger partial charge in [-0.25, -0.2) is 0 Å². The van der Waals surface area contributed by atoms with Gasteiger partial charge in [0.1, 0.15) is 0 Å². The van der Waals surface area contributed by atoms with Gasteiger partial charge in [0.2, 0.25) is 5.95 Å². The van der Waals surface area contributed by atoms with Gasteiger partial charge >= 0.3 is 0 Å². The van der Waals surface area contributed by atoms with Crippen molar-refractivity contribution in [3.8, 4) is 11.4 Å². The van der Waals surface area contributed by atoms with Crippen molar-refractivity contribution >= 4 is 5.95 Å². The summed E-state index contributed by atoms with van der Waals surface area (Å²) in [6.45, 7) is 2.18. The highest BCUT2D eigenvalue weighted by Crippen LogP contribution is 2.33. The summed E-state index contributed by atoms with van der Waals surface area (Å²) in [5.74, 6) is 2.21. The maximum Gasteiger partial charge on any atom is 0.242 e. The molecule has 6 heteroatoms. The first-order valence-corrected chi connectivity index (χ1v) is 5.90. The normalized spacial score (nSPS) is 17.1. The summed E-state index contributed by atoms with van der Waals surface area (Å²) < 4.78 is 1.75. The molecule has 1 aliphatic rings. The van der Waals surface area contributed by atoms with Gasteiger partial charge in [-0.3, -0.25) is 9.78 Å². The molecule has 0 spiro atoms. The van der Waals surface area contributed by atoms with Crippen LogP contribution in [0.3, 0.4) is 0 Å². The lowest BCUT2D eigenvalue weighted by molar-refractivity contribution is 0.687. The van der Waals surface area contributed by atoms with Crippen LogP contribution in [0.1, 0.15) is 19.8 Å². The van der Waals surface area contributed by atoms with E-state index in [1.54, 1.807) is 10.9 Å². The van der Waals surface area contributed by atoms with Gasteiger partial charge in [0.25, 0.3) is 0 Å². The highest BCUT2D eigenvalue weighted by Gasteiger charge is 2.28. The summed E-state index contributed by atoms with van der Waals surface area (Å²) in [7, 11) is 1.88. The van der Waals surface area contributed by atoms with Crippen molar-refractivity contribution in [1.29, 1.82) is 0 Å². The predicted octanol–water partition coefficient (Wildman–Crippen LogP) is 1.42. The van der Waals surface area contributed by atoms with Gasteiger partial charge in [-0.05, 0) is 25.7 Å². The molecule has 2 aromatic rings. The average Bonchev–Trinajstić information content (AvgIpc) is 2.92. The van der Waals surface area contributed by atoms with Crippen molar-refractivity contribution in [1.82, 2.24) is 25.0 Å². The highest BCUT2D eigenvalue weighted by atomic mass is 15.3. The Hall–Kier alpha value is -1.85. The number of H-pyrrole nitrogens is 1. The monoisotopic (exact) mass is 232 g/mol. The number of hydrogen-bond donors (Lipinski definition) is 2. The highest BCUT2D eigenvalue weighted by molar-refractivity contribution is 5.53. The maximum atomic E-state index is 4.41. The number of rotatable bonds is 4. The second kappa shape index (κ2) is 3.87. The lowest BCUT2D eigenvalue weighted by Gasteiger charge is -2.09. The molecule has 2 aromatic heterocycles. The van der Waals surface area contributed by atoms with Crippen molar-refractivity contribution in [2.75, 3.05) is 5.32 Å². The fourth-order valence-electron chi connectivity index (χ4n) is 1.92. The number of aromatic nitrogens is 5. The van der Waals surface area contributed by atoms with E-state index in [0.29, 0.717) is 12.0 Å². The summed E-state index contributed by atoms with van der Waals surface area (Å²) in [4.78, 5) is 4.41. The summed E-state index contributed by atoms with van der Waals surface area (Å²) in [5.41, 5.74) is 0.951. The van der Waals surface area contributed by atoms with Crippen LogP contribution in [0.2, 0.25) is 0 Å². The summed E-state index contributed by atoms with van der Waals surface area (Å²) in [5, 5.41) is 14.5. The van der Waals surface area contributed by atoms with Gasteiger partial charge in [-0.2, -0.15) is 10.1 Å². The largest absolute Gasteiger partial charge is 0.350 e. The molecule has 0 bridgehead atoms. The molecule has 3 rings (SSSR count). The summed E-state index contributed by atoms with van der Waals surface area (Å²) >= 11 is 0. The zero-order chi connectivity index (χ0) is 11.8. The Bertz CT molecular complexity index is 510. The molecule has 1 atom stereocenters. The van der Waals surface area contributed by atoms with Crippen molar-refractivity contribution in [3.05, 3.63) is 12.4 Å². The van der Waals surface area contributed by atoms with E-state index >= 15 is 0 Å². The van der Waals surface area contributed by atoms with Crippen LogP contribution in [0.25, 0.3) is 11.4 Å². The topological polar surface area (TPSA) is 71.4 Å². The number of aryl methyl sites for hydroxylation is 1. The van der Waals surface area contributed by atoms with E-state index in [9.17, 15) is 0 Å². The second-order valence-electron chi connectivity index (χ2n) is 4.68. The van der Waals surface area contributed by atoms with E-state index < -0.39 is 0 Å². The molecular formula is C11H16N6. The van der Waals surface area contributed by atoms with Crippen molar-refractivity contribution in [2.24, 2.45) is 13.0 Å². The van der Waals surface area contributed by atoms with Gasteiger partial charge in [0.15, 0.2) is 5.82 Å². The predicted molar refractivity (Wildman–Crippen MR) is 64.4 cm³/mol. The number of nitrogens with one attached hydrogen (secondary N) is 2. The van der Waals surface area contributed by atoms with E-state index in [0.717, 1.165) is 17.3 Å². The second-order valence-corrected chi connectivity index (χ2v) is 4.68. The van der Waals surface area contributed by atoms with Crippen molar-refractivity contribution in [2.45, 2.75) is 25.8 Å². The van der Waals surface area contributed by atoms with Crippen LogP contribution in [-0.4, -0.2) is 31.0 Å². The Kier molecular flexibility index (Phi) is 2.35. The zero-order valence-electron chi connectivity index (χ0n) is 10.0. The quantitative estimate of drug-likeness (QED) is 0.836. The molecule has 6 nitrogen and oxygen atoms in total. The molecule has 17 heavy (non-hydrogen) atoms. The van der Waals surface area contributed by atoms with E-state index in [1.165, 1.54) is 12.8 Å². The van der Waals surface area contributed by atoms with Crippen LogP contribution in [0.5, 0.6) is 0 Å². The average molecular weight is 232 g/mol. The molecule has 1 fully saturated rings. The SMILES string of the molecule is CC(Nc1n[nH]c(-c2cnn(C)c2)n1)C1CC1. The first-order chi connectivity index (χ1) is 8.22. The number of nitrogens with zero attached hydrogens (tertiary/aromatic N) is 4. The van der Waals surface area contributed by atoms with Gasteiger partial charge in [0.05, 0.1) is 11.8 Å². The van der Waals surface area contributed by atoms with Crippen molar-refractivity contribution < 1.29 is 0 Å². The third kappa shape index (κ3) is 2.15. The Morgan fingerprint density at radius 1 is 1.53 bits per heavy atom. The molecule has 1 unspecified atom stereocenters. The minimum Gasteiger partial charge on any atom is -0.350 e. The molecule has 0 saturated heterocycles. The van der Waals surface area contributed by atoms with E-state index in [1.807, 2.05) is 13.2 Å². The molecule has 0 radical (unpaired) electrons. The Labute approximate surface area is 99.4 Å². The van der Waals surface area contributed by atoms with Gasteiger partial charge in [-0.1, -0.05) is 0 Å². The molecule has 90 valence electrons. The Morgan fingerprint density at radius 3 is 3.00 bits per heavy atom. The minimum atomic E-state index is 0.451. The molecule has 1 saturated carbocycles. The fourth-order valence-corrected chi connectivity index (χ4v) is 1.92. The van der Waals surface area contributed by atoms with Gasteiger partial charge in [0, 0.05) is 19.3 Å². The molecule has 1 aliphatic carbocycles. The van der Waals surface area contributed by atoms with Crippen LogP contribution < -0.4 is 5.32 Å². The third-order valence-corrected chi connectivity index (χ3v) is 3.15. The van der Waals surface area contributed by atoms with Crippen LogP contribution in [0.4, 0.5) is 5.95 Å². The lowest BCUT2D eigenvalue weighted by atomic mass is 10.2. The smallest absolute Gasteiger partial charge is 0.242 e. The fraction of sp³-hybridized carbons (Fsp3) is 0.545.